The van der Waals surface area contributed by atoms with Crippen molar-refractivity contribution in [1.29, 1.82) is 0 Å². The van der Waals surface area contributed by atoms with E-state index in [-0.39, 0.29) is 6.04 Å². The van der Waals surface area contributed by atoms with Gasteiger partial charge in [-0.15, -0.1) is 0 Å². The Balaban J connectivity index is 2.74. The van der Waals surface area contributed by atoms with Gasteiger partial charge in [-0.1, -0.05) is 6.92 Å². The van der Waals surface area contributed by atoms with Crippen LogP contribution >= 0.6 is 0 Å². The molecule has 1 aromatic heterocycles. The molecule has 0 bridgehead atoms. The van der Waals surface area contributed by atoms with E-state index in [0.29, 0.717) is 0 Å². The van der Waals surface area contributed by atoms with E-state index in [0.717, 1.165) is 12.0 Å². The van der Waals surface area contributed by atoms with Crippen LogP contribution in [0.4, 0.5) is 0 Å². The molecule has 0 spiro atoms. The Labute approximate surface area is 60.8 Å². The minimum Gasteiger partial charge on any atom is -0.324 e. The van der Waals surface area contributed by atoms with E-state index in [1.54, 1.807) is 4.68 Å². The molecule has 0 aliphatic rings. The zero-order chi connectivity index (χ0) is 7.56. The first kappa shape index (κ1) is 7.28. The van der Waals surface area contributed by atoms with Gasteiger partial charge >= 0.3 is 0 Å². The molecule has 1 heterocycles. The van der Waals surface area contributed by atoms with Crippen LogP contribution < -0.4 is 5.73 Å². The van der Waals surface area contributed by atoms with Gasteiger partial charge in [0, 0.05) is 24.8 Å². The summed E-state index contributed by atoms with van der Waals surface area (Å²) in [4.78, 5) is 0. The van der Waals surface area contributed by atoms with Crippen LogP contribution in [0.15, 0.2) is 12.4 Å². The molecule has 56 valence electrons. The van der Waals surface area contributed by atoms with E-state index < -0.39 is 0 Å². The number of nitrogens with zero attached hydrogens (tertiary/aromatic N) is 2. The summed E-state index contributed by atoms with van der Waals surface area (Å²) in [5.41, 5.74) is 6.87. The second-order valence-electron chi connectivity index (χ2n) is 2.46. The van der Waals surface area contributed by atoms with Gasteiger partial charge < -0.3 is 5.73 Å². The fourth-order valence-electron chi connectivity index (χ4n) is 0.867. The van der Waals surface area contributed by atoms with Gasteiger partial charge in [-0.2, -0.15) is 5.10 Å². The Kier molecular flexibility index (Phi) is 2.06. The molecule has 0 aliphatic heterocycles. The number of rotatable bonds is 2. The van der Waals surface area contributed by atoms with Crippen LogP contribution in [0.2, 0.25) is 0 Å². The van der Waals surface area contributed by atoms with Gasteiger partial charge in [0.15, 0.2) is 0 Å². The van der Waals surface area contributed by atoms with Crippen molar-refractivity contribution >= 4 is 0 Å². The summed E-state index contributed by atoms with van der Waals surface area (Å²) in [6, 6.07) is 0.147. The standard InChI is InChI=1S/C7H13N3/c1-3-7(8)6-4-9-10(2)5-6/h4-5,7H,3,8H2,1-2H3/t7-/m0/s1. The minimum absolute atomic E-state index is 0.147. The van der Waals surface area contributed by atoms with Gasteiger partial charge in [0.05, 0.1) is 6.20 Å². The van der Waals surface area contributed by atoms with Crippen molar-refractivity contribution in [2.24, 2.45) is 12.8 Å². The zero-order valence-electron chi connectivity index (χ0n) is 6.41. The minimum atomic E-state index is 0.147. The summed E-state index contributed by atoms with van der Waals surface area (Å²) in [7, 11) is 1.89. The van der Waals surface area contributed by atoms with Crippen molar-refractivity contribution < 1.29 is 0 Å². The highest BCUT2D eigenvalue weighted by Crippen LogP contribution is 2.10. The van der Waals surface area contributed by atoms with E-state index in [4.69, 9.17) is 5.73 Å². The van der Waals surface area contributed by atoms with E-state index in [1.807, 2.05) is 19.4 Å². The average molecular weight is 139 g/mol. The van der Waals surface area contributed by atoms with Crippen LogP contribution in [-0.2, 0) is 7.05 Å². The van der Waals surface area contributed by atoms with Crippen LogP contribution in [0, 0.1) is 0 Å². The first-order valence-corrected chi connectivity index (χ1v) is 3.48. The van der Waals surface area contributed by atoms with Crippen molar-refractivity contribution in [2.75, 3.05) is 0 Å². The first-order chi connectivity index (χ1) is 4.74. The highest BCUT2D eigenvalue weighted by molar-refractivity contribution is 5.08. The van der Waals surface area contributed by atoms with E-state index in [1.165, 1.54) is 0 Å². The third-order valence-corrected chi connectivity index (χ3v) is 1.59. The van der Waals surface area contributed by atoms with Gasteiger partial charge in [-0.3, -0.25) is 4.68 Å². The molecule has 0 aliphatic carbocycles. The lowest BCUT2D eigenvalue weighted by molar-refractivity contribution is 0.696. The lowest BCUT2D eigenvalue weighted by atomic mass is 10.1. The molecule has 0 amide bonds. The molecule has 3 heteroatoms. The lowest BCUT2D eigenvalue weighted by Gasteiger charge is -2.02. The number of aromatic nitrogens is 2. The number of hydrogen-bond donors (Lipinski definition) is 1. The summed E-state index contributed by atoms with van der Waals surface area (Å²) in [6.07, 6.45) is 4.73. The normalized spacial score (nSPS) is 13.5. The molecular weight excluding hydrogens is 126 g/mol. The summed E-state index contributed by atoms with van der Waals surface area (Å²) in [5.74, 6) is 0. The van der Waals surface area contributed by atoms with Crippen molar-refractivity contribution in [3.8, 4) is 0 Å². The molecule has 0 unspecified atom stereocenters. The highest BCUT2D eigenvalue weighted by Gasteiger charge is 2.03. The number of aryl methyl sites for hydroxylation is 1. The summed E-state index contributed by atoms with van der Waals surface area (Å²) >= 11 is 0. The molecule has 0 saturated heterocycles. The predicted molar refractivity (Wildman–Crippen MR) is 40.4 cm³/mol. The maximum Gasteiger partial charge on any atom is 0.0537 e. The third kappa shape index (κ3) is 1.36. The number of nitrogens with two attached hydrogens (primary N) is 1. The quantitative estimate of drug-likeness (QED) is 0.659. The van der Waals surface area contributed by atoms with E-state index in [2.05, 4.69) is 12.0 Å². The molecule has 0 saturated carbocycles. The molecule has 3 nitrogen and oxygen atoms in total. The molecule has 1 atom stereocenters. The molecular formula is C7H13N3. The van der Waals surface area contributed by atoms with Gasteiger partial charge in [-0.25, -0.2) is 0 Å². The molecule has 0 radical (unpaired) electrons. The first-order valence-electron chi connectivity index (χ1n) is 3.48. The molecule has 0 aromatic carbocycles. The van der Waals surface area contributed by atoms with Crippen molar-refractivity contribution in [2.45, 2.75) is 19.4 Å². The molecule has 1 rings (SSSR count). The second kappa shape index (κ2) is 2.84. The van der Waals surface area contributed by atoms with Gasteiger partial charge in [0.1, 0.15) is 0 Å². The Hall–Kier alpha value is -0.830. The van der Waals surface area contributed by atoms with Crippen LogP contribution in [0.3, 0.4) is 0 Å². The molecule has 1 aromatic rings. The van der Waals surface area contributed by atoms with Crippen molar-refractivity contribution in [3.63, 3.8) is 0 Å². The maximum atomic E-state index is 5.75. The second-order valence-corrected chi connectivity index (χ2v) is 2.46. The van der Waals surface area contributed by atoms with E-state index >= 15 is 0 Å². The van der Waals surface area contributed by atoms with E-state index in [9.17, 15) is 0 Å². The smallest absolute Gasteiger partial charge is 0.0537 e. The van der Waals surface area contributed by atoms with Crippen LogP contribution in [0.5, 0.6) is 0 Å². The number of hydrogen-bond acceptors (Lipinski definition) is 2. The van der Waals surface area contributed by atoms with Crippen molar-refractivity contribution in [3.05, 3.63) is 18.0 Å². The Morgan fingerprint density at radius 2 is 2.50 bits per heavy atom. The summed E-state index contributed by atoms with van der Waals surface area (Å²) in [5, 5.41) is 4.02. The predicted octanol–water partition coefficient (Wildman–Crippen LogP) is 0.830. The molecule has 2 N–H and O–H groups in total. The van der Waals surface area contributed by atoms with Gasteiger partial charge in [-0.05, 0) is 6.42 Å². The summed E-state index contributed by atoms with van der Waals surface area (Å²) in [6.45, 7) is 2.07. The third-order valence-electron chi connectivity index (χ3n) is 1.59. The SMILES string of the molecule is CC[C@H](N)c1cnn(C)c1. The Morgan fingerprint density at radius 3 is 2.90 bits per heavy atom. The lowest BCUT2D eigenvalue weighted by Crippen LogP contribution is -2.07. The Morgan fingerprint density at radius 1 is 1.80 bits per heavy atom. The molecule has 0 fully saturated rings. The monoisotopic (exact) mass is 139 g/mol. The fraction of sp³-hybridized carbons (Fsp3) is 0.571. The summed E-state index contributed by atoms with van der Waals surface area (Å²) < 4.78 is 1.77. The topological polar surface area (TPSA) is 43.8 Å². The van der Waals surface area contributed by atoms with Gasteiger partial charge in [0.25, 0.3) is 0 Å². The highest BCUT2D eigenvalue weighted by atomic mass is 15.2. The Bertz CT molecular complexity index is 204. The van der Waals surface area contributed by atoms with Crippen LogP contribution in [0.1, 0.15) is 24.9 Å². The fourth-order valence-corrected chi connectivity index (χ4v) is 0.867. The van der Waals surface area contributed by atoms with Crippen molar-refractivity contribution in [1.82, 2.24) is 9.78 Å². The van der Waals surface area contributed by atoms with Crippen LogP contribution in [0.25, 0.3) is 0 Å². The van der Waals surface area contributed by atoms with Gasteiger partial charge in [0.2, 0.25) is 0 Å². The maximum absolute atomic E-state index is 5.75. The largest absolute Gasteiger partial charge is 0.324 e. The van der Waals surface area contributed by atoms with Crippen LogP contribution in [-0.4, -0.2) is 9.78 Å². The molecule has 10 heavy (non-hydrogen) atoms. The zero-order valence-corrected chi connectivity index (χ0v) is 6.41. The average Bonchev–Trinajstić information content (AvgIpc) is 2.34.